The van der Waals surface area contributed by atoms with Crippen molar-refractivity contribution in [2.45, 2.75) is 32.6 Å². The summed E-state index contributed by atoms with van der Waals surface area (Å²) in [4.78, 5) is 4.39. The van der Waals surface area contributed by atoms with Gasteiger partial charge in [0.25, 0.3) is 5.89 Å². The minimum atomic E-state index is -0.281. The van der Waals surface area contributed by atoms with Crippen LogP contribution in [0.5, 0.6) is 0 Å². The van der Waals surface area contributed by atoms with Crippen LogP contribution < -0.4 is 0 Å². The minimum Gasteiger partial charge on any atom is -0.334 e. The Morgan fingerprint density at radius 1 is 0.913 bits per heavy atom. The van der Waals surface area contributed by atoms with Crippen molar-refractivity contribution >= 4 is 0 Å². The number of hydrogen-bond acceptors (Lipinski definition) is 3. The summed E-state index contributed by atoms with van der Waals surface area (Å²) >= 11 is 0. The summed E-state index contributed by atoms with van der Waals surface area (Å²) in [7, 11) is 0. The number of rotatable bonds is 6. The monoisotopic (exact) mass is 310 g/mol. The zero-order chi connectivity index (χ0) is 16.1. The van der Waals surface area contributed by atoms with Crippen LogP contribution >= 0.6 is 0 Å². The third-order valence-electron chi connectivity index (χ3n) is 3.80. The highest BCUT2D eigenvalue weighted by atomic mass is 19.1. The summed E-state index contributed by atoms with van der Waals surface area (Å²) in [6.07, 6.45) is 4.79. The van der Waals surface area contributed by atoms with Gasteiger partial charge in [0.1, 0.15) is 5.82 Å². The molecule has 3 aromatic rings. The van der Waals surface area contributed by atoms with Crippen molar-refractivity contribution in [3.8, 4) is 22.8 Å². The van der Waals surface area contributed by atoms with Gasteiger partial charge >= 0.3 is 0 Å². The van der Waals surface area contributed by atoms with Gasteiger partial charge in [-0.3, -0.25) is 0 Å². The van der Waals surface area contributed by atoms with Crippen LogP contribution in [0.25, 0.3) is 22.8 Å². The van der Waals surface area contributed by atoms with Gasteiger partial charge in [0.05, 0.1) is 0 Å². The van der Waals surface area contributed by atoms with E-state index in [1.165, 1.54) is 37.0 Å². The number of nitrogens with zero attached hydrogens (tertiary/aromatic N) is 2. The fourth-order valence-electron chi connectivity index (χ4n) is 2.45. The van der Waals surface area contributed by atoms with E-state index in [-0.39, 0.29) is 5.82 Å². The SMILES string of the molecule is CCCCCc1ccc(-c2nc(-c3ccc(F)cc3)no2)cc1. The topological polar surface area (TPSA) is 38.9 Å². The average molecular weight is 310 g/mol. The van der Waals surface area contributed by atoms with Gasteiger partial charge in [0, 0.05) is 11.1 Å². The zero-order valence-electron chi connectivity index (χ0n) is 13.1. The maximum Gasteiger partial charge on any atom is 0.258 e. The van der Waals surface area contributed by atoms with Crippen molar-refractivity contribution < 1.29 is 8.91 Å². The van der Waals surface area contributed by atoms with Crippen LogP contribution in [0.15, 0.2) is 53.1 Å². The van der Waals surface area contributed by atoms with Crippen LogP contribution in [0.3, 0.4) is 0 Å². The smallest absolute Gasteiger partial charge is 0.258 e. The van der Waals surface area contributed by atoms with Gasteiger partial charge in [0.2, 0.25) is 5.82 Å². The van der Waals surface area contributed by atoms with E-state index in [0.29, 0.717) is 11.7 Å². The van der Waals surface area contributed by atoms with Crippen molar-refractivity contribution in [3.05, 3.63) is 59.9 Å². The van der Waals surface area contributed by atoms with Crippen molar-refractivity contribution in [1.82, 2.24) is 10.1 Å². The van der Waals surface area contributed by atoms with E-state index >= 15 is 0 Å². The molecule has 3 rings (SSSR count). The molecule has 2 aromatic carbocycles. The molecule has 4 heteroatoms. The third kappa shape index (κ3) is 3.83. The molecule has 0 radical (unpaired) electrons. The first-order chi connectivity index (χ1) is 11.3. The highest BCUT2D eigenvalue weighted by Gasteiger charge is 2.10. The maximum absolute atomic E-state index is 13.0. The van der Waals surface area contributed by atoms with Crippen molar-refractivity contribution in [2.75, 3.05) is 0 Å². The zero-order valence-corrected chi connectivity index (χ0v) is 13.1. The molecule has 3 nitrogen and oxygen atoms in total. The summed E-state index contributed by atoms with van der Waals surface area (Å²) < 4.78 is 18.3. The van der Waals surface area contributed by atoms with E-state index < -0.39 is 0 Å². The van der Waals surface area contributed by atoms with Gasteiger partial charge in [-0.05, 0) is 54.8 Å². The quantitative estimate of drug-likeness (QED) is 0.582. The molecule has 0 fully saturated rings. The fourth-order valence-corrected chi connectivity index (χ4v) is 2.45. The maximum atomic E-state index is 13.0. The molecule has 23 heavy (non-hydrogen) atoms. The third-order valence-corrected chi connectivity index (χ3v) is 3.80. The molecule has 0 aliphatic rings. The van der Waals surface area contributed by atoms with E-state index in [1.54, 1.807) is 12.1 Å². The molecule has 0 N–H and O–H groups in total. The Balaban J connectivity index is 1.73. The first-order valence-electron chi connectivity index (χ1n) is 7.95. The minimum absolute atomic E-state index is 0.281. The predicted octanol–water partition coefficient (Wildman–Crippen LogP) is 5.28. The second-order valence-corrected chi connectivity index (χ2v) is 5.58. The first kappa shape index (κ1) is 15.4. The summed E-state index contributed by atoms with van der Waals surface area (Å²) in [5, 5.41) is 3.97. The summed E-state index contributed by atoms with van der Waals surface area (Å²) in [5.41, 5.74) is 2.95. The van der Waals surface area contributed by atoms with Crippen molar-refractivity contribution in [2.24, 2.45) is 0 Å². The Morgan fingerprint density at radius 3 is 2.30 bits per heavy atom. The highest BCUT2D eigenvalue weighted by molar-refractivity contribution is 5.59. The molecule has 0 saturated carbocycles. The Hall–Kier alpha value is -2.49. The lowest BCUT2D eigenvalue weighted by Crippen LogP contribution is -1.86. The largest absolute Gasteiger partial charge is 0.334 e. The predicted molar refractivity (Wildman–Crippen MR) is 88.4 cm³/mol. The van der Waals surface area contributed by atoms with Crippen LogP contribution in [0.4, 0.5) is 4.39 Å². The lowest BCUT2D eigenvalue weighted by molar-refractivity contribution is 0.432. The second kappa shape index (κ2) is 7.18. The number of unbranched alkanes of at least 4 members (excludes halogenated alkanes) is 2. The van der Waals surface area contributed by atoms with Crippen molar-refractivity contribution in [3.63, 3.8) is 0 Å². The fraction of sp³-hybridized carbons (Fsp3) is 0.263. The molecule has 0 amide bonds. The molecule has 1 heterocycles. The Bertz CT molecular complexity index is 748. The number of hydrogen-bond donors (Lipinski definition) is 0. The molecule has 0 unspecified atom stereocenters. The molecule has 0 aliphatic heterocycles. The molecule has 0 saturated heterocycles. The standard InChI is InChI=1S/C19H19FN2O/c1-2-3-4-5-14-6-8-16(9-7-14)19-21-18(22-23-19)15-10-12-17(20)13-11-15/h6-13H,2-5H2,1H3. The number of aryl methyl sites for hydroxylation is 1. The van der Waals surface area contributed by atoms with Gasteiger partial charge in [0.15, 0.2) is 0 Å². The van der Waals surface area contributed by atoms with Gasteiger partial charge in [-0.15, -0.1) is 0 Å². The van der Waals surface area contributed by atoms with Crippen LogP contribution in [-0.2, 0) is 6.42 Å². The van der Waals surface area contributed by atoms with E-state index in [9.17, 15) is 4.39 Å². The van der Waals surface area contributed by atoms with Crippen LogP contribution in [0.1, 0.15) is 31.7 Å². The summed E-state index contributed by atoms with van der Waals surface area (Å²) in [6, 6.07) is 14.3. The number of benzene rings is 2. The number of halogens is 1. The molecule has 0 bridgehead atoms. The van der Waals surface area contributed by atoms with Crippen LogP contribution in [0, 0.1) is 5.82 Å². The van der Waals surface area contributed by atoms with E-state index in [0.717, 1.165) is 17.5 Å². The summed E-state index contributed by atoms with van der Waals surface area (Å²) in [6.45, 7) is 2.21. The first-order valence-corrected chi connectivity index (χ1v) is 7.95. The second-order valence-electron chi connectivity index (χ2n) is 5.58. The van der Waals surface area contributed by atoms with E-state index in [4.69, 9.17) is 4.52 Å². The lowest BCUT2D eigenvalue weighted by Gasteiger charge is -2.01. The Labute approximate surface area is 135 Å². The van der Waals surface area contributed by atoms with E-state index in [1.807, 2.05) is 12.1 Å². The molecule has 1 aromatic heterocycles. The average Bonchev–Trinajstić information content (AvgIpc) is 3.06. The molecular weight excluding hydrogens is 291 g/mol. The Kier molecular flexibility index (Phi) is 4.81. The van der Waals surface area contributed by atoms with Crippen molar-refractivity contribution in [1.29, 1.82) is 0 Å². The molecule has 0 spiro atoms. The highest BCUT2D eigenvalue weighted by Crippen LogP contribution is 2.23. The molecule has 0 aliphatic carbocycles. The normalized spacial score (nSPS) is 10.9. The Morgan fingerprint density at radius 2 is 1.61 bits per heavy atom. The van der Waals surface area contributed by atoms with Gasteiger partial charge in [-0.2, -0.15) is 4.98 Å². The summed E-state index contributed by atoms with van der Waals surface area (Å²) in [5.74, 6) is 0.660. The van der Waals surface area contributed by atoms with Crippen LogP contribution in [-0.4, -0.2) is 10.1 Å². The molecular formula is C19H19FN2O. The van der Waals surface area contributed by atoms with Gasteiger partial charge in [-0.25, -0.2) is 4.39 Å². The van der Waals surface area contributed by atoms with Gasteiger partial charge < -0.3 is 4.52 Å². The lowest BCUT2D eigenvalue weighted by atomic mass is 10.1. The molecule has 118 valence electrons. The van der Waals surface area contributed by atoms with E-state index in [2.05, 4.69) is 29.2 Å². The number of aromatic nitrogens is 2. The molecule has 0 atom stereocenters. The van der Waals surface area contributed by atoms with Gasteiger partial charge in [-0.1, -0.05) is 37.1 Å². The van der Waals surface area contributed by atoms with Crippen LogP contribution in [0.2, 0.25) is 0 Å².